The van der Waals surface area contributed by atoms with Gasteiger partial charge in [-0.05, 0) is 43.3 Å². The molecular weight excluding hydrogens is 573 g/mol. The molecule has 0 saturated heterocycles. The number of amides is 1. The van der Waals surface area contributed by atoms with Gasteiger partial charge in [0.1, 0.15) is 23.7 Å². The molecule has 0 aliphatic carbocycles. The van der Waals surface area contributed by atoms with Crippen molar-refractivity contribution in [3.05, 3.63) is 75.3 Å². The van der Waals surface area contributed by atoms with Crippen molar-refractivity contribution in [3.63, 3.8) is 0 Å². The number of carbonyl (C=O) groups is 2. The van der Waals surface area contributed by atoms with Crippen LogP contribution in [0.2, 0.25) is 10.0 Å². The highest BCUT2D eigenvalue weighted by molar-refractivity contribution is 6.31. The lowest BCUT2D eigenvalue weighted by atomic mass is 9.97. The van der Waals surface area contributed by atoms with Crippen molar-refractivity contribution in [2.75, 3.05) is 39.9 Å². The van der Waals surface area contributed by atoms with E-state index in [0.29, 0.717) is 55.4 Å². The molecular formula is C30H31Cl2NO8. The molecule has 0 radical (unpaired) electrons. The molecule has 1 aliphatic rings. The molecule has 0 aromatic heterocycles. The Hall–Kier alpha value is -3.66. The molecule has 3 aromatic carbocycles. The van der Waals surface area contributed by atoms with E-state index >= 15 is 0 Å². The summed E-state index contributed by atoms with van der Waals surface area (Å²) in [6, 6.07) is 13.8. The van der Waals surface area contributed by atoms with Gasteiger partial charge < -0.3 is 33.3 Å². The molecule has 0 bridgehead atoms. The van der Waals surface area contributed by atoms with Gasteiger partial charge in [-0.25, -0.2) is 0 Å². The number of rotatable bonds is 10. The van der Waals surface area contributed by atoms with Gasteiger partial charge in [-0.3, -0.25) is 9.59 Å². The summed E-state index contributed by atoms with van der Waals surface area (Å²) in [7, 11) is 6.09. The zero-order valence-corrected chi connectivity index (χ0v) is 24.9. The van der Waals surface area contributed by atoms with Crippen LogP contribution in [-0.2, 0) is 25.6 Å². The van der Waals surface area contributed by atoms with Crippen molar-refractivity contribution in [2.24, 2.45) is 0 Å². The van der Waals surface area contributed by atoms with Crippen LogP contribution >= 0.6 is 23.2 Å². The summed E-state index contributed by atoms with van der Waals surface area (Å²) in [5.74, 6) is 0.837. The van der Waals surface area contributed by atoms with E-state index in [-0.39, 0.29) is 19.6 Å². The maximum absolute atomic E-state index is 14.2. The van der Waals surface area contributed by atoms with E-state index in [2.05, 4.69) is 0 Å². The predicted octanol–water partition coefficient (Wildman–Crippen LogP) is 6.00. The molecule has 41 heavy (non-hydrogen) atoms. The number of hydrogen-bond donors (Lipinski definition) is 0. The Morgan fingerprint density at radius 3 is 2.27 bits per heavy atom. The van der Waals surface area contributed by atoms with Gasteiger partial charge in [0.2, 0.25) is 0 Å². The zero-order valence-electron chi connectivity index (χ0n) is 23.4. The van der Waals surface area contributed by atoms with Crippen LogP contribution in [0.25, 0.3) is 0 Å². The molecule has 11 heteroatoms. The van der Waals surface area contributed by atoms with Gasteiger partial charge in [0, 0.05) is 38.9 Å². The minimum atomic E-state index is -1.22. The summed E-state index contributed by atoms with van der Waals surface area (Å²) in [4.78, 5) is 28.4. The first-order valence-electron chi connectivity index (χ1n) is 12.8. The maximum atomic E-state index is 14.2. The molecule has 0 spiro atoms. The average molecular weight is 604 g/mol. The summed E-state index contributed by atoms with van der Waals surface area (Å²) in [5, 5.41) is 0.783. The summed E-state index contributed by atoms with van der Waals surface area (Å²) in [5.41, 5.74) is 2.28. The SMILES string of the molecule is CCOC(=O)C[C@H]1O[C@H](c2cc(Cl)cc(OC)c2OC)c2cc(Cl)ccc2N(Cc2ccc(OC)cc2OC)C1=O. The molecule has 218 valence electrons. The van der Waals surface area contributed by atoms with Crippen molar-refractivity contribution in [1.82, 2.24) is 0 Å². The summed E-state index contributed by atoms with van der Waals surface area (Å²) in [6.45, 7) is 1.96. The summed E-state index contributed by atoms with van der Waals surface area (Å²) >= 11 is 13.0. The molecule has 1 aliphatic heterocycles. The van der Waals surface area contributed by atoms with E-state index in [1.165, 1.54) is 21.3 Å². The van der Waals surface area contributed by atoms with E-state index in [0.717, 1.165) is 0 Å². The van der Waals surface area contributed by atoms with E-state index < -0.39 is 24.1 Å². The Labute approximate surface area is 248 Å². The van der Waals surface area contributed by atoms with Crippen LogP contribution in [0.5, 0.6) is 23.0 Å². The van der Waals surface area contributed by atoms with Crippen LogP contribution in [-0.4, -0.2) is 53.0 Å². The monoisotopic (exact) mass is 603 g/mol. The first-order valence-corrected chi connectivity index (χ1v) is 13.5. The molecule has 1 amide bonds. The standard InChI is InChI=1S/C30H31Cl2NO8/c1-6-40-27(34)15-26-30(35)33(16-17-7-9-20(36-2)14-24(17)37-3)23-10-8-18(31)11-21(23)28(41-26)22-12-19(32)13-25(38-4)29(22)39-5/h7-14,26,28H,6,15-16H2,1-5H3/t26-,28+/m1/s1. The van der Waals surface area contributed by atoms with Crippen molar-refractivity contribution >= 4 is 40.8 Å². The fourth-order valence-corrected chi connectivity index (χ4v) is 5.18. The van der Waals surface area contributed by atoms with E-state index in [4.69, 9.17) is 51.6 Å². The number of fused-ring (bicyclic) bond motifs is 1. The number of carbonyl (C=O) groups excluding carboxylic acids is 2. The normalized spacial score (nSPS) is 16.5. The van der Waals surface area contributed by atoms with Gasteiger partial charge in [0.25, 0.3) is 5.91 Å². The number of anilines is 1. The topological polar surface area (TPSA) is 92.8 Å². The minimum absolute atomic E-state index is 0.103. The highest BCUT2D eigenvalue weighted by Gasteiger charge is 2.40. The molecule has 1 heterocycles. The minimum Gasteiger partial charge on any atom is -0.497 e. The van der Waals surface area contributed by atoms with Crippen molar-refractivity contribution in [2.45, 2.75) is 32.1 Å². The van der Waals surface area contributed by atoms with Crippen molar-refractivity contribution in [3.8, 4) is 23.0 Å². The zero-order chi connectivity index (χ0) is 29.7. The van der Waals surface area contributed by atoms with Crippen molar-refractivity contribution < 1.29 is 38.0 Å². The molecule has 4 rings (SSSR count). The number of halogens is 2. The lowest BCUT2D eigenvalue weighted by Gasteiger charge is -2.26. The van der Waals surface area contributed by atoms with E-state index in [9.17, 15) is 9.59 Å². The second-order valence-corrected chi connectivity index (χ2v) is 9.92. The maximum Gasteiger partial charge on any atom is 0.308 e. The number of methoxy groups -OCH3 is 4. The van der Waals surface area contributed by atoms with E-state index in [1.807, 2.05) is 6.07 Å². The third-order valence-corrected chi connectivity index (χ3v) is 7.09. The molecule has 0 saturated carbocycles. The fourth-order valence-electron chi connectivity index (χ4n) is 4.79. The largest absolute Gasteiger partial charge is 0.497 e. The molecule has 9 nitrogen and oxygen atoms in total. The fraction of sp³-hybridized carbons (Fsp3) is 0.333. The highest BCUT2D eigenvalue weighted by atomic mass is 35.5. The molecule has 0 unspecified atom stereocenters. The third kappa shape index (κ3) is 6.48. The van der Waals surface area contributed by atoms with Crippen LogP contribution < -0.4 is 23.8 Å². The second-order valence-electron chi connectivity index (χ2n) is 9.05. The number of nitrogens with zero attached hydrogens (tertiary/aromatic N) is 1. The van der Waals surface area contributed by atoms with Gasteiger partial charge in [-0.15, -0.1) is 0 Å². The molecule has 3 aromatic rings. The van der Waals surface area contributed by atoms with Gasteiger partial charge >= 0.3 is 5.97 Å². The lowest BCUT2D eigenvalue weighted by Crippen LogP contribution is -2.40. The van der Waals surface area contributed by atoms with Crippen LogP contribution in [0.15, 0.2) is 48.5 Å². The van der Waals surface area contributed by atoms with Crippen LogP contribution in [0.1, 0.15) is 36.1 Å². The number of hydrogen-bond acceptors (Lipinski definition) is 8. The van der Waals surface area contributed by atoms with Crippen molar-refractivity contribution in [1.29, 1.82) is 0 Å². The Morgan fingerprint density at radius 2 is 1.61 bits per heavy atom. The Balaban J connectivity index is 1.93. The van der Waals surface area contributed by atoms with Crippen LogP contribution in [0, 0.1) is 0 Å². The molecule has 0 N–H and O–H groups in total. The Morgan fingerprint density at radius 1 is 0.878 bits per heavy atom. The Bertz CT molecular complexity index is 1430. The van der Waals surface area contributed by atoms with Crippen LogP contribution in [0.3, 0.4) is 0 Å². The summed E-state index contributed by atoms with van der Waals surface area (Å²) < 4.78 is 33.8. The first-order chi connectivity index (χ1) is 19.7. The van der Waals surface area contributed by atoms with E-state index in [1.54, 1.807) is 61.4 Å². The number of benzene rings is 3. The molecule has 2 atom stereocenters. The Kier molecular flexibility index (Phi) is 9.86. The third-order valence-electron chi connectivity index (χ3n) is 6.64. The van der Waals surface area contributed by atoms with Gasteiger partial charge in [0.05, 0.1) is 53.7 Å². The average Bonchev–Trinajstić information content (AvgIpc) is 3.07. The van der Waals surface area contributed by atoms with Gasteiger partial charge in [-0.2, -0.15) is 0 Å². The summed E-state index contributed by atoms with van der Waals surface area (Å²) in [6.07, 6.45) is -2.46. The molecule has 0 fully saturated rings. The van der Waals surface area contributed by atoms with Crippen LogP contribution in [0.4, 0.5) is 5.69 Å². The number of esters is 1. The predicted molar refractivity (Wildman–Crippen MR) is 155 cm³/mol. The quantitative estimate of drug-likeness (QED) is 0.260. The second kappa shape index (κ2) is 13.3. The first kappa shape index (κ1) is 30.3. The van der Waals surface area contributed by atoms with Gasteiger partial charge in [0.15, 0.2) is 11.5 Å². The highest BCUT2D eigenvalue weighted by Crippen LogP contribution is 2.47. The number of ether oxygens (including phenoxy) is 6. The lowest BCUT2D eigenvalue weighted by molar-refractivity contribution is -0.151. The van der Waals surface area contributed by atoms with Gasteiger partial charge in [-0.1, -0.05) is 23.2 Å². The smallest absolute Gasteiger partial charge is 0.308 e.